The number of aliphatic imine (C=N–C) groups is 1. The summed E-state index contributed by atoms with van der Waals surface area (Å²) in [5.41, 5.74) is 9.91. The Balaban J connectivity index is 0.00000243. The van der Waals surface area contributed by atoms with E-state index < -0.39 is 0 Å². The summed E-state index contributed by atoms with van der Waals surface area (Å²) in [7, 11) is 0. The summed E-state index contributed by atoms with van der Waals surface area (Å²) in [4.78, 5) is 7.34. The highest BCUT2D eigenvalue weighted by Crippen LogP contribution is 2.34. The van der Waals surface area contributed by atoms with E-state index in [0.29, 0.717) is 5.96 Å². The number of anilines is 1. The number of nitrogens with one attached hydrogen (secondary N) is 1. The number of morpholine rings is 1. The first-order valence-electron chi connectivity index (χ1n) is 9.56. The molecule has 0 amide bonds. The SMILES string of the molecule is Cc1ccc(NC(N)=NCC2(N3CCOCC3)CCCCC2)cc1C.I. The Morgan fingerprint density at radius 2 is 1.85 bits per heavy atom. The molecule has 5 nitrogen and oxygen atoms in total. The van der Waals surface area contributed by atoms with Crippen LogP contribution in [0.1, 0.15) is 43.2 Å². The van der Waals surface area contributed by atoms with Gasteiger partial charge in [-0.05, 0) is 49.9 Å². The van der Waals surface area contributed by atoms with Crippen LogP contribution in [0.25, 0.3) is 0 Å². The number of nitrogens with two attached hydrogens (primary N) is 1. The van der Waals surface area contributed by atoms with E-state index in [1.165, 1.54) is 43.2 Å². The van der Waals surface area contributed by atoms with Crippen molar-refractivity contribution in [2.75, 3.05) is 38.2 Å². The summed E-state index contributed by atoms with van der Waals surface area (Å²) in [5, 5.41) is 3.25. The molecule has 0 radical (unpaired) electrons. The Morgan fingerprint density at radius 1 is 1.15 bits per heavy atom. The topological polar surface area (TPSA) is 62.9 Å². The largest absolute Gasteiger partial charge is 0.379 e. The zero-order chi connectivity index (χ0) is 17.7. The highest BCUT2D eigenvalue weighted by Gasteiger charge is 2.38. The molecule has 0 aromatic heterocycles. The Kier molecular flexibility index (Phi) is 8.16. The Morgan fingerprint density at radius 3 is 2.50 bits per heavy atom. The second-order valence-corrected chi connectivity index (χ2v) is 7.51. The van der Waals surface area contributed by atoms with Crippen molar-refractivity contribution >= 4 is 35.6 Å². The van der Waals surface area contributed by atoms with Gasteiger partial charge in [-0.3, -0.25) is 9.89 Å². The molecule has 3 N–H and O–H groups in total. The Bertz CT molecular complexity index is 608. The van der Waals surface area contributed by atoms with Crippen LogP contribution in [0.2, 0.25) is 0 Å². The molecule has 6 heteroatoms. The molecule has 1 aromatic rings. The van der Waals surface area contributed by atoms with Crippen LogP contribution in [0.4, 0.5) is 5.69 Å². The Hall–Kier alpha value is -0.860. The lowest BCUT2D eigenvalue weighted by molar-refractivity contribution is -0.0333. The maximum absolute atomic E-state index is 6.20. The summed E-state index contributed by atoms with van der Waals surface area (Å²) >= 11 is 0. The van der Waals surface area contributed by atoms with Crippen molar-refractivity contribution in [2.24, 2.45) is 10.7 Å². The maximum Gasteiger partial charge on any atom is 0.193 e. The van der Waals surface area contributed by atoms with Crippen LogP contribution in [0, 0.1) is 13.8 Å². The van der Waals surface area contributed by atoms with Gasteiger partial charge in [-0.15, -0.1) is 24.0 Å². The predicted molar refractivity (Wildman–Crippen MR) is 120 cm³/mol. The van der Waals surface area contributed by atoms with E-state index in [4.69, 9.17) is 15.5 Å². The van der Waals surface area contributed by atoms with Gasteiger partial charge in [-0.2, -0.15) is 0 Å². The van der Waals surface area contributed by atoms with Gasteiger partial charge in [0.2, 0.25) is 0 Å². The van der Waals surface area contributed by atoms with Gasteiger partial charge in [-0.1, -0.05) is 25.3 Å². The second kappa shape index (κ2) is 9.90. The van der Waals surface area contributed by atoms with E-state index in [-0.39, 0.29) is 29.5 Å². The Labute approximate surface area is 174 Å². The maximum atomic E-state index is 6.20. The molecule has 0 unspecified atom stereocenters. The average molecular weight is 472 g/mol. The molecule has 1 saturated carbocycles. The van der Waals surface area contributed by atoms with Crippen molar-refractivity contribution in [1.29, 1.82) is 0 Å². The van der Waals surface area contributed by atoms with Crippen LogP contribution in [-0.4, -0.2) is 49.2 Å². The molecule has 0 atom stereocenters. The lowest BCUT2D eigenvalue weighted by Gasteiger charge is -2.47. The van der Waals surface area contributed by atoms with E-state index in [1.807, 2.05) is 0 Å². The molecule has 1 saturated heterocycles. The van der Waals surface area contributed by atoms with Crippen LogP contribution in [-0.2, 0) is 4.74 Å². The van der Waals surface area contributed by atoms with Crippen molar-refractivity contribution in [1.82, 2.24) is 4.90 Å². The molecule has 1 aliphatic heterocycles. The quantitative estimate of drug-likeness (QED) is 0.399. The van der Waals surface area contributed by atoms with E-state index in [0.717, 1.165) is 38.5 Å². The number of aryl methyl sites for hydroxylation is 2. The number of rotatable bonds is 4. The van der Waals surface area contributed by atoms with Gasteiger partial charge in [0.05, 0.1) is 19.8 Å². The van der Waals surface area contributed by atoms with Gasteiger partial charge in [0.1, 0.15) is 0 Å². The molecule has 1 heterocycles. The molecule has 1 aromatic carbocycles. The van der Waals surface area contributed by atoms with Gasteiger partial charge in [0.15, 0.2) is 5.96 Å². The summed E-state index contributed by atoms with van der Waals surface area (Å²) in [6, 6.07) is 6.29. The van der Waals surface area contributed by atoms with Crippen LogP contribution in [0.15, 0.2) is 23.2 Å². The minimum Gasteiger partial charge on any atom is -0.379 e. The highest BCUT2D eigenvalue weighted by molar-refractivity contribution is 14.0. The number of nitrogens with zero attached hydrogens (tertiary/aromatic N) is 2. The molecular formula is C20H33IN4O. The molecule has 2 aliphatic rings. The second-order valence-electron chi connectivity index (χ2n) is 7.51. The van der Waals surface area contributed by atoms with Crippen molar-refractivity contribution in [3.63, 3.8) is 0 Å². The van der Waals surface area contributed by atoms with Gasteiger partial charge in [0, 0.05) is 24.3 Å². The highest BCUT2D eigenvalue weighted by atomic mass is 127. The summed E-state index contributed by atoms with van der Waals surface area (Å²) in [5.74, 6) is 0.515. The van der Waals surface area contributed by atoms with E-state index in [9.17, 15) is 0 Å². The van der Waals surface area contributed by atoms with Crippen LogP contribution < -0.4 is 11.1 Å². The lowest BCUT2D eigenvalue weighted by atomic mass is 9.80. The normalized spacial score (nSPS) is 21.1. The minimum atomic E-state index is 0. The number of halogens is 1. The third-order valence-corrected chi connectivity index (χ3v) is 5.79. The number of hydrogen-bond donors (Lipinski definition) is 2. The molecule has 2 fully saturated rings. The fourth-order valence-corrected chi connectivity index (χ4v) is 4.06. The zero-order valence-electron chi connectivity index (χ0n) is 16.1. The third-order valence-electron chi connectivity index (χ3n) is 5.79. The van der Waals surface area contributed by atoms with Gasteiger partial charge in [-0.25, -0.2) is 0 Å². The first-order valence-corrected chi connectivity index (χ1v) is 9.56. The number of guanidine groups is 1. The summed E-state index contributed by atoms with van der Waals surface area (Å²) in [6.07, 6.45) is 6.35. The van der Waals surface area contributed by atoms with Crippen molar-refractivity contribution < 1.29 is 4.74 Å². The summed E-state index contributed by atoms with van der Waals surface area (Å²) < 4.78 is 5.55. The summed E-state index contributed by atoms with van der Waals surface area (Å²) in [6.45, 7) is 8.70. The molecule has 0 spiro atoms. The minimum absolute atomic E-state index is 0. The monoisotopic (exact) mass is 472 g/mol. The average Bonchev–Trinajstić information content (AvgIpc) is 2.65. The van der Waals surface area contributed by atoms with E-state index in [1.54, 1.807) is 0 Å². The molecule has 26 heavy (non-hydrogen) atoms. The fourth-order valence-electron chi connectivity index (χ4n) is 4.06. The third kappa shape index (κ3) is 5.33. The van der Waals surface area contributed by atoms with Gasteiger partial charge < -0.3 is 15.8 Å². The molecule has 146 valence electrons. The van der Waals surface area contributed by atoms with Crippen molar-refractivity contribution in [3.8, 4) is 0 Å². The molecule has 1 aliphatic carbocycles. The standard InChI is InChI=1S/C20H32N4O.HI/c1-16-6-7-18(14-17(16)2)23-19(21)22-15-20(8-4-3-5-9-20)24-10-12-25-13-11-24;/h6-7,14H,3-5,8-13,15H2,1-2H3,(H3,21,22,23);1H. The molecule has 3 rings (SSSR count). The van der Waals surface area contributed by atoms with Crippen LogP contribution in [0.5, 0.6) is 0 Å². The van der Waals surface area contributed by atoms with Crippen LogP contribution in [0.3, 0.4) is 0 Å². The fraction of sp³-hybridized carbons (Fsp3) is 0.650. The first kappa shape index (κ1) is 21.4. The number of ether oxygens (including phenoxy) is 1. The van der Waals surface area contributed by atoms with Crippen molar-refractivity contribution in [2.45, 2.75) is 51.5 Å². The lowest BCUT2D eigenvalue weighted by Crippen LogP contribution is -2.56. The zero-order valence-corrected chi connectivity index (χ0v) is 18.4. The number of benzene rings is 1. The van der Waals surface area contributed by atoms with E-state index >= 15 is 0 Å². The first-order chi connectivity index (χ1) is 12.1. The van der Waals surface area contributed by atoms with Gasteiger partial charge in [0.25, 0.3) is 0 Å². The molecular weight excluding hydrogens is 439 g/mol. The van der Waals surface area contributed by atoms with Crippen LogP contribution >= 0.6 is 24.0 Å². The molecule has 0 bridgehead atoms. The van der Waals surface area contributed by atoms with E-state index in [2.05, 4.69) is 42.3 Å². The predicted octanol–water partition coefficient (Wildman–Crippen LogP) is 3.68. The van der Waals surface area contributed by atoms with Crippen molar-refractivity contribution in [3.05, 3.63) is 29.3 Å². The number of hydrogen-bond acceptors (Lipinski definition) is 3. The smallest absolute Gasteiger partial charge is 0.193 e. The van der Waals surface area contributed by atoms with Gasteiger partial charge >= 0.3 is 0 Å².